The molecule has 0 aliphatic carbocycles. The maximum Gasteiger partial charge on any atom is 0.234 e. The first kappa shape index (κ1) is 23.9. The number of thioether (sulfide) groups is 2. The molecule has 174 valence electrons. The van der Waals surface area contributed by atoms with E-state index in [0.717, 1.165) is 11.1 Å². The van der Waals surface area contributed by atoms with E-state index in [4.69, 9.17) is 11.5 Å². The van der Waals surface area contributed by atoms with Crippen LogP contribution in [0.15, 0.2) is 57.2 Å². The molecule has 2 heterocycles. The van der Waals surface area contributed by atoms with Gasteiger partial charge in [0.25, 0.3) is 0 Å². The number of rotatable bonds is 9. The lowest BCUT2D eigenvalue weighted by Crippen LogP contribution is -2.14. The van der Waals surface area contributed by atoms with E-state index in [1.807, 2.05) is 48.5 Å². The van der Waals surface area contributed by atoms with Gasteiger partial charge in [0.05, 0.1) is 11.5 Å². The molecule has 6 N–H and O–H groups in total. The number of anilines is 4. The van der Waals surface area contributed by atoms with E-state index < -0.39 is 0 Å². The Balaban J connectivity index is 1.26. The smallest absolute Gasteiger partial charge is 0.234 e. The summed E-state index contributed by atoms with van der Waals surface area (Å²) in [5.41, 5.74) is 14.4. The van der Waals surface area contributed by atoms with Crippen LogP contribution < -0.4 is 22.1 Å². The number of nitrogens with two attached hydrogens (primary N) is 2. The minimum Gasteiger partial charge on any atom is -0.374 e. The first-order chi connectivity index (χ1) is 16.4. The molecular weight excluding hydrogens is 513 g/mol. The second-order valence-electron chi connectivity index (χ2n) is 6.64. The van der Waals surface area contributed by atoms with Crippen molar-refractivity contribution in [2.45, 2.75) is 8.68 Å². The highest BCUT2D eigenvalue weighted by Gasteiger charge is 2.09. The second kappa shape index (κ2) is 11.3. The van der Waals surface area contributed by atoms with Crippen LogP contribution in [0.3, 0.4) is 0 Å². The van der Waals surface area contributed by atoms with Crippen molar-refractivity contribution in [2.75, 3.05) is 33.6 Å². The van der Waals surface area contributed by atoms with Gasteiger partial charge in [-0.05, 0) is 35.4 Å². The summed E-state index contributed by atoms with van der Waals surface area (Å²) in [6.45, 7) is 0. The molecule has 2 aromatic heterocycles. The minimum absolute atomic E-state index is 0.139. The standard InChI is InChI=1S/C20H18N8O2S4/c21-17-25-27-19(33-17)31-9-15(29)23-13-5-1-11(2-6-13)12-3-7-14(8-4-12)24-16(30)10-32-20-28-26-18(22)34-20/h1-8H,9-10H2,(H2,21,25)(H2,22,26)(H,23,29)(H,24,30). The highest BCUT2D eigenvalue weighted by molar-refractivity contribution is 8.02. The fraction of sp³-hybridized carbons (Fsp3) is 0.100. The summed E-state index contributed by atoms with van der Waals surface area (Å²) < 4.78 is 1.31. The lowest BCUT2D eigenvalue weighted by Gasteiger charge is -2.08. The predicted molar refractivity (Wildman–Crippen MR) is 139 cm³/mol. The summed E-state index contributed by atoms with van der Waals surface area (Å²) in [6, 6.07) is 15.1. The SMILES string of the molecule is Nc1nnc(SCC(=O)Nc2ccc(-c3ccc(NC(=O)CSc4nnc(N)s4)cc3)cc2)s1. The zero-order chi connectivity index (χ0) is 23.9. The van der Waals surface area contributed by atoms with Crippen LogP contribution >= 0.6 is 46.2 Å². The summed E-state index contributed by atoms with van der Waals surface area (Å²) >= 11 is 5.07. The van der Waals surface area contributed by atoms with Crippen molar-refractivity contribution in [1.82, 2.24) is 20.4 Å². The molecule has 0 aliphatic heterocycles. The summed E-state index contributed by atoms with van der Waals surface area (Å²) in [5, 5.41) is 21.7. The number of hydrogen-bond donors (Lipinski definition) is 4. The Morgan fingerprint density at radius 1 is 0.676 bits per heavy atom. The molecule has 4 aromatic rings. The fourth-order valence-corrected chi connectivity index (χ4v) is 5.57. The van der Waals surface area contributed by atoms with E-state index in [1.54, 1.807) is 0 Å². The van der Waals surface area contributed by atoms with Gasteiger partial charge in [-0.15, -0.1) is 20.4 Å². The van der Waals surface area contributed by atoms with Crippen LogP contribution in [0.5, 0.6) is 0 Å². The molecule has 14 heteroatoms. The van der Waals surface area contributed by atoms with Crippen LogP contribution in [0.2, 0.25) is 0 Å². The minimum atomic E-state index is -0.139. The van der Waals surface area contributed by atoms with Gasteiger partial charge in [0.1, 0.15) is 0 Å². The van der Waals surface area contributed by atoms with Crippen LogP contribution in [-0.2, 0) is 9.59 Å². The largest absolute Gasteiger partial charge is 0.374 e. The zero-order valence-electron chi connectivity index (χ0n) is 17.4. The molecule has 10 nitrogen and oxygen atoms in total. The fourth-order valence-electron chi connectivity index (χ4n) is 2.70. The van der Waals surface area contributed by atoms with Crippen molar-refractivity contribution in [3.05, 3.63) is 48.5 Å². The summed E-state index contributed by atoms with van der Waals surface area (Å²) in [5.74, 6) is 0.159. The van der Waals surface area contributed by atoms with Gasteiger partial charge >= 0.3 is 0 Å². The molecule has 0 radical (unpaired) electrons. The van der Waals surface area contributed by atoms with Crippen LogP contribution in [0.25, 0.3) is 11.1 Å². The maximum absolute atomic E-state index is 12.1. The summed E-state index contributed by atoms with van der Waals surface area (Å²) in [4.78, 5) is 24.3. The monoisotopic (exact) mass is 530 g/mol. The molecule has 0 atom stereocenters. The number of carbonyl (C=O) groups is 2. The van der Waals surface area contributed by atoms with Gasteiger partial charge in [-0.2, -0.15) is 0 Å². The van der Waals surface area contributed by atoms with Crippen molar-refractivity contribution in [1.29, 1.82) is 0 Å². The van der Waals surface area contributed by atoms with Crippen LogP contribution in [-0.4, -0.2) is 43.7 Å². The number of aromatic nitrogens is 4. The Kier molecular flexibility index (Phi) is 7.95. The number of nitrogens with zero attached hydrogens (tertiary/aromatic N) is 4. The van der Waals surface area contributed by atoms with E-state index in [1.165, 1.54) is 46.2 Å². The van der Waals surface area contributed by atoms with E-state index in [0.29, 0.717) is 30.3 Å². The van der Waals surface area contributed by atoms with Crippen molar-refractivity contribution in [3.8, 4) is 11.1 Å². The lowest BCUT2D eigenvalue weighted by molar-refractivity contribution is -0.114. The van der Waals surface area contributed by atoms with Gasteiger partial charge in [-0.1, -0.05) is 70.5 Å². The van der Waals surface area contributed by atoms with Crippen LogP contribution in [0.1, 0.15) is 0 Å². The van der Waals surface area contributed by atoms with E-state index >= 15 is 0 Å². The van der Waals surface area contributed by atoms with Gasteiger partial charge in [0.2, 0.25) is 22.1 Å². The van der Waals surface area contributed by atoms with Crippen molar-refractivity contribution in [2.24, 2.45) is 0 Å². The van der Waals surface area contributed by atoms with Crippen molar-refractivity contribution in [3.63, 3.8) is 0 Å². The van der Waals surface area contributed by atoms with Crippen molar-refractivity contribution < 1.29 is 9.59 Å². The molecular formula is C20H18N8O2S4. The molecule has 0 unspecified atom stereocenters. The second-order valence-corrected chi connectivity index (χ2v) is 11.1. The molecule has 0 spiro atoms. The van der Waals surface area contributed by atoms with Crippen LogP contribution in [0, 0.1) is 0 Å². The molecule has 0 fully saturated rings. The third-order valence-electron chi connectivity index (χ3n) is 4.17. The zero-order valence-corrected chi connectivity index (χ0v) is 20.7. The molecule has 34 heavy (non-hydrogen) atoms. The molecule has 4 rings (SSSR count). The maximum atomic E-state index is 12.1. The normalized spacial score (nSPS) is 10.7. The summed E-state index contributed by atoms with van der Waals surface area (Å²) in [6.07, 6.45) is 0. The Morgan fingerprint density at radius 3 is 1.38 bits per heavy atom. The Morgan fingerprint density at radius 2 is 1.06 bits per heavy atom. The van der Waals surface area contributed by atoms with Gasteiger partial charge in [-0.3, -0.25) is 9.59 Å². The van der Waals surface area contributed by atoms with E-state index in [2.05, 4.69) is 31.0 Å². The Bertz CT molecular complexity index is 1170. The molecule has 2 amide bonds. The van der Waals surface area contributed by atoms with Gasteiger partial charge in [0.15, 0.2) is 8.68 Å². The van der Waals surface area contributed by atoms with Gasteiger partial charge in [0, 0.05) is 11.4 Å². The molecule has 2 aromatic carbocycles. The molecule has 0 bridgehead atoms. The Hall–Kier alpha value is -3.20. The predicted octanol–water partition coefficient (Wildman–Crippen LogP) is 3.68. The third-order valence-corrected chi connectivity index (χ3v) is 7.94. The number of amides is 2. The van der Waals surface area contributed by atoms with Crippen molar-refractivity contribution >= 4 is 79.6 Å². The highest BCUT2D eigenvalue weighted by atomic mass is 32.2. The number of benzene rings is 2. The number of hydrogen-bond acceptors (Lipinski definition) is 12. The van der Waals surface area contributed by atoms with Crippen LogP contribution in [0.4, 0.5) is 21.6 Å². The average Bonchev–Trinajstić information content (AvgIpc) is 3.45. The Labute approximate surface area is 211 Å². The molecule has 0 saturated carbocycles. The number of nitrogens with one attached hydrogen (secondary N) is 2. The number of nitrogen functional groups attached to an aromatic ring is 2. The van der Waals surface area contributed by atoms with E-state index in [9.17, 15) is 9.59 Å². The first-order valence-corrected chi connectivity index (χ1v) is 13.3. The summed E-state index contributed by atoms with van der Waals surface area (Å²) in [7, 11) is 0. The average molecular weight is 531 g/mol. The van der Waals surface area contributed by atoms with Gasteiger partial charge < -0.3 is 22.1 Å². The van der Waals surface area contributed by atoms with Gasteiger partial charge in [-0.25, -0.2) is 0 Å². The topological polar surface area (TPSA) is 162 Å². The lowest BCUT2D eigenvalue weighted by atomic mass is 10.0. The third kappa shape index (κ3) is 6.90. The van der Waals surface area contributed by atoms with E-state index in [-0.39, 0.29) is 23.3 Å². The number of carbonyl (C=O) groups excluding carboxylic acids is 2. The molecule has 0 saturated heterocycles. The first-order valence-electron chi connectivity index (χ1n) is 9.68. The molecule has 0 aliphatic rings. The quantitative estimate of drug-likeness (QED) is 0.235. The highest BCUT2D eigenvalue weighted by Crippen LogP contribution is 2.26.